The molecule has 0 bridgehead atoms. The summed E-state index contributed by atoms with van der Waals surface area (Å²) < 4.78 is 7.62. The summed E-state index contributed by atoms with van der Waals surface area (Å²) in [5, 5.41) is 9.83. The van der Waals surface area contributed by atoms with E-state index in [9.17, 15) is 4.79 Å². The molecule has 0 unspecified atom stereocenters. The van der Waals surface area contributed by atoms with Crippen LogP contribution in [0.3, 0.4) is 0 Å². The van der Waals surface area contributed by atoms with Crippen LogP contribution < -0.4 is 10.1 Å². The maximum Gasteiger partial charge on any atom is 0.265 e. The Morgan fingerprint density at radius 2 is 2.03 bits per heavy atom. The van der Waals surface area contributed by atoms with Gasteiger partial charge in [0.05, 0.1) is 23.3 Å². The zero-order chi connectivity index (χ0) is 20.9. The number of para-hydroxylation sites is 1. The number of benzene rings is 2. The summed E-state index contributed by atoms with van der Waals surface area (Å²) in [4.78, 5) is 13.2. The van der Waals surface area contributed by atoms with Crippen LogP contribution >= 0.6 is 22.9 Å². The molecule has 0 fully saturated rings. The second kappa shape index (κ2) is 9.15. The van der Waals surface area contributed by atoms with Crippen LogP contribution in [-0.2, 0) is 13.2 Å². The number of rotatable bonds is 7. The molecular formula is C23H20ClN3O2S. The van der Waals surface area contributed by atoms with E-state index in [4.69, 9.17) is 16.3 Å². The largest absolute Gasteiger partial charge is 0.489 e. The molecule has 152 valence electrons. The Balaban J connectivity index is 1.34. The molecule has 0 aliphatic heterocycles. The number of nitrogens with zero attached hydrogens (tertiary/aromatic N) is 2. The van der Waals surface area contributed by atoms with Crippen molar-refractivity contribution in [2.24, 2.45) is 0 Å². The molecule has 0 radical (unpaired) electrons. The van der Waals surface area contributed by atoms with E-state index >= 15 is 0 Å². The van der Waals surface area contributed by atoms with Gasteiger partial charge in [0.15, 0.2) is 0 Å². The van der Waals surface area contributed by atoms with Crippen LogP contribution in [0.15, 0.2) is 72.4 Å². The van der Waals surface area contributed by atoms with Crippen molar-refractivity contribution in [3.05, 3.63) is 99.0 Å². The minimum Gasteiger partial charge on any atom is -0.489 e. The van der Waals surface area contributed by atoms with Gasteiger partial charge in [0.25, 0.3) is 5.91 Å². The van der Waals surface area contributed by atoms with E-state index < -0.39 is 0 Å². The molecule has 4 aromatic rings. The summed E-state index contributed by atoms with van der Waals surface area (Å²) in [7, 11) is 0. The number of thiophene rings is 1. The van der Waals surface area contributed by atoms with Gasteiger partial charge < -0.3 is 10.1 Å². The average molecular weight is 438 g/mol. The van der Waals surface area contributed by atoms with Crippen molar-refractivity contribution in [1.82, 2.24) is 9.78 Å². The normalized spacial score (nSPS) is 10.7. The third kappa shape index (κ3) is 5.09. The Kier molecular flexibility index (Phi) is 6.16. The minimum atomic E-state index is -0.163. The summed E-state index contributed by atoms with van der Waals surface area (Å²) in [5.41, 5.74) is 3.73. The van der Waals surface area contributed by atoms with E-state index in [1.54, 1.807) is 17.1 Å². The quantitative estimate of drug-likeness (QED) is 0.398. The Bertz CT molecular complexity index is 1170. The molecule has 0 atom stereocenters. The molecule has 5 nitrogen and oxygen atoms in total. The SMILES string of the molecule is Cc1ccccc1OCc1csc(C(=O)Nc2cnn(Cc3cccc(Cl)c3)c2)c1. The summed E-state index contributed by atoms with van der Waals surface area (Å²) in [6.45, 7) is 3.01. The first kappa shape index (κ1) is 20.2. The number of anilines is 1. The zero-order valence-electron chi connectivity index (χ0n) is 16.3. The van der Waals surface area contributed by atoms with Gasteiger partial charge in [-0.2, -0.15) is 5.10 Å². The Labute approximate surface area is 183 Å². The van der Waals surface area contributed by atoms with Crippen LogP contribution in [0, 0.1) is 6.92 Å². The first-order valence-electron chi connectivity index (χ1n) is 9.41. The fourth-order valence-corrected chi connectivity index (χ4v) is 3.98. The fourth-order valence-electron chi connectivity index (χ4n) is 2.98. The first-order valence-corrected chi connectivity index (χ1v) is 10.7. The number of aromatic nitrogens is 2. The number of aryl methyl sites for hydroxylation is 1. The van der Waals surface area contributed by atoms with Crippen molar-refractivity contribution >= 4 is 34.5 Å². The lowest BCUT2D eigenvalue weighted by atomic mass is 10.2. The Morgan fingerprint density at radius 1 is 1.17 bits per heavy atom. The zero-order valence-corrected chi connectivity index (χ0v) is 17.9. The van der Waals surface area contributed by atoms with Gasteiger partial charge in [-0.1, -0.05) is 41.9 Å². The number of ether oxygens (including phenoxy) is 1. The molecular weight excluding hydrogens is 418 g/mol. The highest BCUT2D eigenvalue weighted by Crippen LogP contribution is 2.21. The Morgan fingerprint density at radius 3 is 2.87 bits per heavy atom. The molecule has 0 spiro atoms. The second-order valence-corrected chi connectivity index (χ2v) is 8.23. The summed E-state index contributed by atoms with van der Waals surface area (Å²) in [5.74, 6) is 0.686. The van der Waals surface area contributed by atoms with Crippen molar-refractivity contribution in [2.45, 2.75) is 20.1 Å². The third-order valence-electron chi connectivity index (χ3n) is 4.49. The second-order valence-electron chi connectivity index (χ2n) is 6.88. The topological polar surface area (TPSA) is 56.1 Å². The van der Waals surface area contributed by atoms with Crippen LogP contribution in [0.25, 0.3) is 0 Å². The maximum atomic E-state index is 12.6. The molecule has 0 saturated carbocycles. The van der Waals surface area contributed by atoms with Crippen molar-refractivity contribution in [3.8, 4) is 5.75 Å². The highest BCUT2D eigenvalue weighted by Gasteiger charge is 2.11. The minimum absolute atomic E-state index is 0.163. The van der Waals surface area contributed by atoms with Crippen molar-refractivity contribution in [2.75, 3.05) is 5.32 Å². The summed E-state index contributed by atoms with van der Waals surface area (Å²) >= 11 is 7.42. The number of hydrogen-bond acceptors (Lipinski definition) is 4. The van der Waals surface area contributed by atoms with Crippen LogP contribution in [0.1, 0.15) is 26.4 Å². The predicted molar refractivity (Wildman–Crippen MR) is 121 cm³/mol. The first-order chi connectivity index (χ1) is 14.6. The monoisotopic (exact) mass is 437 g/mol. The van der Waals surface area contributed by atoms with Crippen LogP contribution in [0.5, 0.6) is 5.75 Å². The highest BCUT2D eigenvalue weighted by molar-refractivity contribution is 7.12. The number of nitrogens with one attached hydrogen (secondary N) is 1. The van der Waals surface area contributed by atoms with Gasteiger partial charge in [0.2, 0.25) is 0 Å². The average Bonchev–Trinajstić information content (AvgIpc) is 3.37. The fraction of sp³-hybridized carbons (Fsp3) is 0.130. The van der Waals surface area contributed by atoms with E-state index in [0.717, 1.165) is 22.4 Å². The van der Waals surface area contributed by atoms with E-state index in [0.29, 0.717) is 28.7 Å². The van der Waals surface area contributed by atoms with Crippen molar-refractivity contribution < 1.29 is 9.53 Å². The van der Waals surface area contributed by atoms with Gasteiger partial charge in [-0.25, -0.2) is 0 Å². The molecule has 2 heterocycles. The standard InChI is InChI=1S/C23H20ClN3O2S/c1-16-5-2-3-8-21(16)29-14-18-10-22(30-15-18)23(28)26-20-11-25-27(13-20)12-17-6-4-7-19(24)9-17/h2-11,13,15H,12,14H2,1H3,(H,26,28). The van der Waals surface area contributed by atoms with Crippen LogP contribution in [0.4, 0.5) is 5.69 Å². The number of halogens is 1. The number of carbonyl (C=O) groups is 1. The highest BCUT2D eigenvalue weighted by atomic mass is 35.5. The van der Waals surface area contributed by atoms with E-state index in [1.807, 2.05) is 66.9 Å². The molecule has 0 aliphatic carbocycles. The third-order valence-corrected chi connectivity index (χ3v) is 5.70. The molecule has 2 aromatic heterocycles. The van der Waals surface area contributed by atoms with Gasteiger partial charge in [-0.3, -0.25) is 9.48 Å². The predicted octanol–water partition coefficient (Wildman–Crippen LogP) is 5.79. The number of amides is 1. The van der Waals surface area contributed by atoms with Crippen LogP contribution in [-0.4, -0.2) is 15.7 Å². The van der Waals surface area contributed by atoms with E-state index in [2.05, 4.69) is 10.4 Å². The van der Waals surface area contributed by atoms with Gasteiger partial charge in [0.1, 0.15) is 12.4 Å². The summed E-state index contributed by atoms with van der Waals surface area (Å²) in [6, 6.07) is 17.3. The van der Waals surface area contributed by atoms with E-state index in [-0.39, 0.29) is 5.91 Å². The molecule has 4 rings (SSSR count). The molecule has 30 heavy (non-hydrogen) atoms. The Hall–Kier alpha value is -3.09. The molecule has 0 aliphatic rings. The van der Waals surface area contributed by atoms with E-state index in [1.165, 1.54) is 11.3 Å². The lowest BCUT2D eigenvalue weighted by molar-refractivity contribution is 0.103. The molecule has 2 aromatic carbocycles. The number of carbonyl (C=O) groups excluding carboxylic acids is 1. The lowest BCUT2D eigenvalue weighted by Gasteiger charge is -2.07. The molecule has 7 heteroatoms. The van der Waals surface area contributed by atoms with Gasteiger partial charge in [-0.15, -0.1) is 11.3 Å². The van der Waals surface area contributed by atoms with Crippen LogP contribution in [0.2, 0.25) is 5.02 Å². The molecule has 1 amide bonds. The summed E-state index contributed by atoms with van der Waals surface area (Å²) in [6.07, 6.45) is 3.44. The van der Waals surface area contributed by atoms with Gasteiger partial charge >= 0.3 is 0 Å². The van der Waals surface area contributed by atoms with Gasteiger partial charge in [0, 0.05) is 16.8 Å². The number of hydrogen-bond donors (Lipinski definition) is 1. The van der Waals surface area contributed by atoms with Crippen molar-refractivity contribution in [3.63, 3.8) is 0 Å². The maximum absolute atomic E-state index is 12.6. The lowest BCUT2D eigenvalue weighted by Crippen LogP contribution is -2.09. The molecule has 1 N–H and O–H groups in total. The smallest absolute Gasteiger partial charge is 0.265 e. The van der Waals surface area contributed by atoms with Crippen molar-refractivity contribution in [1.29, 1.82) is 0 Å². The molecule has 0 saturated heterocycles. The van der Waals surface area contributed by atoms with Gasteiger partial charge in [-0.05, 0) is 47.7 Å².